The molecule has 0 saturated carbocycles. The van der Waals surface area contributed by atoms with Crippen LogP contribution in [0.1, 0.15) is 38.3 Å². The van der Waals surface area contributed by atoms with Crippen LogP contribution in [0.2, 0.25) is 0 Å². The third-order valence-electron chi connectivity index (χ3n) is 3.85. The molecule has 24 heavy (non-hydrogen) atoms. The fraction of sp³-hybridized carbons (Fsp3) is 0.235. The Morgan fingerprint density at radius 1 is 1.17 bits per heavy atom. The first-order valence-corrected chi connectivity index (χ1v) is 8.38. The molecule has 6 nitrogen and oxygen atoms in total. The maximum absolute atomic E-state index is 12.1. The van der Waals surface area contributed by atoms with Gasteiger partial charge in [-0.1, -0.05) is 6.07 Å². The molecule has 0 saturated heterocycles. The lowest BCUT2D eigenvalue weighted by atomic mass is 10.1. The minimum atomic E-state index is -0.623. The molecule has 0 bridgehead atoms. The van der Waals surface area contributed by atoms with Crippen molar-refractivity contribution >= 4 is 34.1 Å². The molecule has 2 aromatic rings. The lowest BCUT2D eigenvalue weighted by Gasteiger charge is -2.07. The van der Waals surface area contributed by atoms with Crippen LogP contribution in [0.5, 0.6) is 0 Å². The highest BCUT2D eigenvalue weighted by atomic mass is 32.1. The summed E-state index contributed by atoms with van der Waals surface area (Å²) in [6.45, 7) is -0.425. The Hall–Kier alpha value is -2.67. The highest BCUT2D eigenvalue weighted by Gasteiger charge is 2.17. The number of rotatable bonds is 5. The Labute approximate surface area is 142 Å². The van der Waals surface area contributed by atoms with E-state index in [1.165, 1.54) is 28.5 Å². The molecule has 1 heterocycles. The van der Waals surface area contributed by atoms with Gasteiger partial charge >= 0.3 is 5.97 Å². The second-order valence-corrected chi connectivity index (χ2v) is 6.41. The molecule has 124 valence electrons. The molecule has 2 amide bonds. The lowest BCUT2D eigenvalue weighted by molar-refractivity contribution is -0.119. The summed E-state index contributed by atoms with van der Waals surface area (Å²) in [6.07, 6.45) is 3.10. The van der Waals surface area contributed by atoms with Gasteiger partial charge in [0, 0.05) is 0 Å². The number of benzene rings is 1. The number of carbonyl (C=O) groups excluding carboxylic acids is 3. The zero-order chi connectivity index (χ0) is 17.1. The van der Waals surface area contributed by atoms with E-state index in [0.717, 1.165) is 19.3 Å². The molecule has 0 fully saturated rings. The van der Waals surface area contributed by atoms with Crippen LogP contribution in [-0.4, -0.2) is 24.4 Å². The molecule has 0 atom stereocenters. The molecule has 1 aromatic heterocycles. The Bertz CT molecular complexity index is 813. The molecule has 0 unspecified atom stereocenters. The van der Waals surface area contributed by atoms with E-state index in [0.29, 0.717) is 10.6 Å². The van der Waals surface area contributed by atoms with Gasteiger partial charge in [0.05, 0.1) is 11.1 Å². The van der Waals surface area contributed by atoms with Crippen molar-refractivity contribution in [2.24, 2.45) is 5.73 Å². The zero-order valence-corrected chi connectivity index (χ0v) is 13.7. The third kappa shape index (κ3) is 3.46. The van der Waals surface area contributed by atoms with Gasteiger partial charge in [-0.25, -0.2) is 4.79 Å². The van der Waals surface area contributed by atoms with E-state index in [9.17, 15) is 14.4 Å². The smallest absolute Gasteiger partial charge is 0.338 e. The lowest BCUT2D eigenvalue weighted by Crippen LogP contribution is -2.22. The summed E-state index contributed by atoms with van der Waals surface area (Å²) in [6, 6.07) is 7.00. The molecule has 0 radical (unpaired) electrons. The highest BCUT2D eigenvalue weighted by Crippen LogP contribution is 2.24. The fourth-order valence-corrected chi connectivity index (χ4v) is 3.48. The van der Waals surface area contributed by atoms with Gasteiger partial charge in [-0.2, -0.15) is 0 Å². The number of ether oxygens (including phenoxy) is 1. The van der Waals surface area contributed by atoms with Crippen molar-refractivity contribution < 1.29 is 19.1 Å². The first-order valence-electron chi connectivity index (χ1n) is 7.50. The fourth-order valence-electron chi connectivity index (χ4n) is 2.68. The van der Waals surface area contributed by atoms with Crippen LogP contribution in [0.4, 0.5) is 5.00 Å². The number of carbonyl (C=O) groups is 3. The second kappa shape index (κ2) is 6.84. The second-order valence-electron chi connectivity index (χ2n) is 5.49. The van der Waals surface area contributed by atoms with Gasteiger partial charge in [-0.3, -0.25) is 9.59 Å². The number of aryl methyl sites for hydroxylation is 2. The standard InChI is InChI=1S/C17H16N2O4S/c18-15(21)13-6-7-24-16(13)19-14(20)9-23-17(22)12-5-4-10-2-1-3-11(10)8-12/h4-8H,1-3,9H2,(H2,18,21)(H,19,20). The minimum Gasteiger partial charge on any atom is -0.452 e. The maximum atomic E-state index is 12.1. The van der Waals surface area contributed by atoms with Crippen LogP contribution in [0.25, 0.3) is 0 Å². The van der Waals surface area contributed by atoms with Crippen molar-refractivity contribution in [1.82, 2.24) is 0 Å². The Morgan fingerprint density at radius 3 is 2.75 bits per heavy atom. The number of primary amides is 1. The summed E-state index contributed by atoms with van der Waals surface area (Å²) in [4.78, 5) is 35.1. The van der Waals surface area contributed by atoms with Gasteiger partial charge in [0.2, 0.25) is 0 Å². The average molecular weight is 344 g/mol. The quantitative estimate of drug-likeness (QED) is 0.812. The van der Waals surface area contributed by atoms with Crippen molar-refractivity contribution in [3.05, 3.63) is 51.9 Å². The first kappa shape index (κ1) is 16.2. The largest absolute Gasteiger partial charge is 0.452 e. The van der Waals surface area contributed by atoms with Crippen molar-refractivity contribution in [2.45, 2.75) is 19.3 Å². The van der Waals surface area contributed by atoms with Gasteiger partial charge in [-0.05, 0) is 54.0 Å². The van der Waals surface area contributed by atoms with Crippen molar-refractivity contribution in [2.75, 3.05) is 11.9 Å². The zero-order valence-electron chi connectivity index (χ0n) is 12.8. The van der Waals surface area contributed by atoms with Crippen molar-refractivity contribution in [3.63, 3.8) is 0 Å². The molecule has 1 aliphatic carbocycles. The molecular weight excluding hydrogens is 328 g/mol. The van der Waals surface area contributed by atoms with Crippen LogP contribution < -0.4 is 11.1 Å². The Morgan fingerprint density at radius 2 is 1.96 bits per heavy atom. The van der Waals surface area contributed by atoms with Crippen LogP contribution >= 0.6 is 11.3 Å². The van der Waals surface area contributed by atoms with E-state index in [1.807, 2.05) is 12.1 Å². The van der Waals surface area contributed by atoms with E-state index in [4.69, 9.17) is 10.5 Å². The van der Waals surface area contributed by atoms with E-state index in [1.54, 1.807) is 11.4 Å². The number of anilines is 1. The van der Waals surface area contributed by atoms with Gasteiger partial charge in [-0.15, -0.1) is 11.3 Å². The number of thiophene rings is 1. The molecule has 3 rings (SSSR count). The number of hydrogen-bond donors (Lipinski definition) is 2. The summed E-state index contributed by atoms with van der Waals surface area (Å²) in [5.74, 6) is -1.68. The third-order valence-corrected chi connectivity index (χ3v) is 4.68. The topological polar surface area (TPSA) is 98.5 Å². The molecule has 3 N–H and O–H groups in total. The molecule has 0 aliphatic heterocycles. The Balaban J connectivity index is 1.57. The average Bonchev–Trinajstić information content (AvgIpc) is 3.20. The molecule has 1 aliphatic rings. The molecule has 7 heteroatoms. The van der Waals surface area contributed by atoms with Crippen LogP contribution in [-0.2, 0) is 22.4 Å². The Kier molecular flexibility index (Phi) is 4.61. The van der Waals surface area contributed by atoms with Crippen molar-refractivity contribution in [3.8, 4) is 0 Å². The summed E-state index contributed by atoms with van der Waals surface area (Å²) >= 11 is 1.18. The monoisotopic (exact) mass is 344 g/mol. The van der Waals surface area contributed by atoms with Crippen molar-refractivity contribution in [1.29, 1.82) is 0 Å². The van der Waals surface area contributed by atoms with Gasteiger partial charge in [0.15, 0.2) is 6.61 Å². The summed E-state index contributed by atoms with van der Waals surface area (Å²) in [5, 5.41) is 4.52. The predicted molar refractivity (Wildman–Crippen MR) is 90.2 cm³/mol. The number of nitrogens with one attached hydrogen (secondary N) is 1. The maximum Gasteiger partial charge on any atom is 0.338 e. The number of amides is 2. The summed E-state index contributed by atoms with van der Waals surface area (Å²) in [7, 11) is 0. The predicted octanol–water partition coefficient (Wildman–Crippen LogP) is 2.13. The van der Waals surface area contributed by atoms with E-state index < -0.39 is 24.4 Å². The molecular formula is C17H16N2O4S. The summed E-state index contributed by atoms with van der Waals surface area (Å²) < 4.78 is 5.04. The summed E-state index contributed by atoms with van der Waals surface area (Å²) in [5.41, 5.74) is 8.32. The van der Waals surface area contributed by atoms with E-state index >= 15 is 0 Å². The van der Waals surface area contributed by atoms with Crippen LogP contribution in [0, 0.1) is 0 Å². The number of nitrogens with two attached hydrogens (primary N) is 1. The molecule has 1 aromatic carbocycles. The SMILES string of the molecule is NC(=O)c1ccsc1NC(=O)COC(=O)c1ccc2c(c1)CCC2. The van der Waals surface area contributed by atoms with Crippen LogP contribution in [0.3, 0.4) is 0 Å². The van der Waals surface area contributed by atoms with Gasteiger partial charge in [0.1, 0.15) is 5.00 Å². The van der Waals surface area contributed by atoms with Gasteiger partial charge in [0.25, 0.3) is 11.8 Å². The normalized spacial score (nSPS) is 12.5. The van der Waals surface area contributed by atoms with E-state index in [-0.39, 0.29) is 5.56 Å². The highest BCUT2D eigenvalue weighted by molar-refractivity contribution is 7.14. The first-order chi connectivity index (χ1) is 11.5. The molecule has 0 spiro atoms. The number of hydrogen-bond acceptors (Lipinski definition) is 5. The number of fused-ring (bicyclic) bond motifs is 1. The minimum absolute atomic E-state index is 0.235. The number of esters is 1. The van der Waals surface area contributed by atoms with E-state index in [2.05, 4.69) is 5.32 Å². The van der Waals surface area contributed by atoms with Gasteiger partial charge < -0.3 is 15.8 Å². The van der Waals surface area contributed by atoms with Crippen LogP contribution in [0.15, 0.2) is 29.6 Å².